The molecule has 1 amide bonds. The van der Waals surface area contributed by atoms with Gasteiger partial charge in [-0.05, 0) is 32.4 Å². The minimum absolute atomic E-state index is 0.205. The quantitative estimate of drug-likeness (QED) is 0.557. The molecule has 80 valence electrons. The van der Waals surface area contributed by atoms with E-state index in [1.54, 1.807) is 0 Å². The van der Waals surface area contributed by atoms with E-state index < -0.39 is 0 Å². The van der Waals surface area contributed by atoms with Crippen molar-refractivity contribution in [2.75, 3.05) is 26.2 Å². The Labute approximate surface area is 84.8 Å². The van der Waals surface area contributed by atoms with Gasteiger partial charge in [-0.25, -0.2) is 0 Å². The molecule has 0 spiro atoms. The largest absolute Gasteiger partial charge is 0.352 e. The van der Waals surface area contributed by atoms with Crippen molar-refractivity contribution in [1.29, 1.82) is 0 Å². The summed E-state index contributed by atoms with van der Waals surface area (Å²) in [5.74, 6) is 0.445. The first-order chi connectivity index (χ1) is 6.86. The Morgan fingerprint density at radius 1 is 1.14 bits per heavy atom. The fraction of sp³-hybridized carbons (Fsp3) is 0.900. The van der Waals surface area contributed by atoms with Gasteiger partial charge in [0.1, 0.15) is 0 Å². The molecule has 0 saturated carbocycles. The van der Waals surface area contributed by atoms with Crippen LogP contribution in [0.3, 0.4) is 0 Å². The van der Waals surface area contributed by atoms with Gasteiger partial charge in [0.2, 0.25) is 5.91 Å². The van der Waals surface area contributed by atoms with Crippen LogP contribution in [0.15, 0.2) is 0 Å². The standard InChI is InChI=1S/C10H19N3O/c14-10(8-3-5-12-6-8)13-9-2-1-4-11-7-9/h8-9,11-12H,1-7H2,(H,13,14)/t8-,9?/m1/s1. The monoisotopic (exact) mass is 197 g/mol. The topological polar surface area (TPSA) is 53.2 Å². The van der Waals surface area contributed by atoms with Gasteiger partial charge >= 0.3 is 0 Å². The summed E-state index contributed by atoms with van der Waals surface area (Å²) in [7, 11) is 0. The van der Waals surface area contributed by atoms with Crippen LogP contribution in [0.25, 0.3) is 0 Å². The Balaban J connectivity index is 1.75. The van der Waals surface area contributed by atoms with Gasteiger partial charge in [0.05, 0.1) is 5.92 Å². The van der Waals surface area contributed by atoms with Crippen LogP contribution in [0.1, 0.15) is 19.3 Å². The van der Waals surface area contributed by atoms with Crippen LogP contribution in [-0.4, -0.2) is 38.1 Å². The maximum absolute atomic E-state index is 11.7. The number of carbonyl (C=O) groups excluding carboxylic acids is 1. The molecule has 14 heavy (non-hydrogen) atoms. The highest BCUT2D eigenvalue weighted by molar-refractivity contribution is 5.79. The number of hydrogen-bond donors (Lipinski definition) is 3. The maximum Gasteiger partial charge on any atom is 0.224 e. The molecular weight excluding hydrogens is 178 g/mol. The van der Waals surface area contributed by atoms with Crippen LogP contribution in [0, 0.1) is 5.92 Å². The zero-order valence-electron chi connectivity index (χ0n) is 8.51. The van der Waals surface area contributed by atoms with Crippen molar-refractivity contribution in [3.63, 3.8) is 0 Å². The molecule has 2 fully saturated rings. The molecule has 0 bridgehead atoms. The average molecular weight is 197 g/mol. The van der Waals surface area contributed by atoms with Gasteiger partial charge in [-0.1, -0.05) is 0 Å². The van der Waals surface area contributed by atoms with Crippen LogP contribution in [-0.2, 0) is 4.79 Å². The van der Waals surface area contributed by atoms with E-state index in [0.29, 0.717) is 6.04 Å². The minimum Gasteiger partial charge on any atom is -0.352 e. The van der Waals surface area contributed by atoms with Crippen LogP contribution in [0.5, 0.6) is 0 Å². The van der Waals surface area contributed by atoms with Crippen LogP contribution < -0.4 is 16.0 Å². The Hall–Kier alpha value is -0.610. The van der Waals surface area contributed by atoms with Gasteiger partial charge < -0.3 is 16.0 Å². The fourth-order valence-electron chi connectivity index (χ4n) is 2.17. The van der Waals surface area contributed by atoms with Gasteiger partial charge in [0.15, 0.2) is 0 Å². The number of amides is 1. The molecule has 2 atom stereocenters. The lowest BCUT2D eigenvalue weighted by atomic mass is 10.0. The first-order valence-corrected chi connectivity index (χ1v) is 5.58. The van der Waals surface area contributed by atoms with Gasteiger partial charge in [-0.2, -0.15) is 0 Å². The van der Waals surface area contributed by atoms with Gasteiger partial charge in [-0.3, -0.25) is 4.79 Å². The summed E-state index contributed by atoms with van der Waals surface area (Å²) in [5.41, 5.74) is 0. The van der Waals surface area contributed by atoms with E-state index in [-0.39, 0.29) is 11.8 Å². The number of hydrogen-bond acceptors (Lipinski definition) is 3. The molecule has 4 heteroatoms. The molecule has 2 heterocycles. The Morgan fingerprint density at radius 2 is 2.00 bits per heavy atom. The van der Waals surface area contributed by atoms with Crippen LogP contribution in [0.2, 0.25) is 0 Å². The molecule has 0 aromatic carbocycles. The van der Waals surface area contributed by atoms with E-state index in [4.69, 9.17) is 0 Å². The van der Waals surface area contributed by atoms with Crippen molar-refractivity contribution in [1.82, 2.24) is 16.0 Å². The van der Waals surface area contributed by atoms with E-state index in [1.807, 2.05) is 0 Å². The molecule has 2 rings (SSSR count). The predicted molar refractivity (Wildman–Crippen MR) is 55.0 cm³/mol. The highest BCUT2D eigenvalue weighted by atomic mass is 16.2. The number of nitrogens with one attached hydrogen (secondary N) is 3. The van der Waals surface area contributed by atoms with Gasteiger partial charge in [0.25, 0.3) is 0 Å². The second kappa shape index (κ2) is 4.75. The van der Waals surface area contributed by atoms with E-state index in [0.717, 1.165) is 39.0 Å². The molecule has 1 unspecified atom stereocenters. The van der Waals surface area contributed by atoms with Crippen molar-refractivity contribution in [3.05, 3.63) is 0 Å². The minimum atomic E-state index is 0.205. The predicted octanol–water partition coefficient (Wildman–Crippen LogP) is -0.536. The van der Waals surface area contributed by atoms with Gasteiger partial charge in [-0.15, -0.1) is 0 Å². The molecule has 0 radical (unpaired) electrons. The second-order valence-electron chi connectivity index (χ2n) is 4.24. The number of piperidine rings is 1. The third-order valence-corrected chi connectivity index (χ3v) is 3.07. The van der Waals surface area contributed by atoms with Crippen LogP contribution >= 0.6 is 0 Å². The molecule has 2 aliphatic rings. The number of carbonyl (C=O) groups is 1. The highest BCUT2D eigenvalue weighted by Crippen LogP contribution is 2.09. The van der Waals surface area contributed by atoms with Crippen molar-refractivity contribution >= 4 is 5.91 Å². The highest BCUT2D eigenvalue weighted by Gasteiger charge is 2.24. The molecule has 2 saturated heterocycles. The van der Waals surface area contributed by atoms with Crippen molar-refractivity contribution < 1.29 is 4.79 Å². The first-order valence-electron chi connectivity index (χ1n) is 5.58. The lowest BCUT2D eigenvalue weighted by molar-refractivity contribution is -0.125. The summed E-state index contributed by atoms with van der Waals surface area (Å²) in [6.45, 7) is 3.87. The van der Waals surface area contributed by atoms with Crippen molar-refractivity contribution in [2.24, 2.45) is 5.92 Å². The Morgan fingerprint density at radius 3 is 2.64 bits per heavy atom. The Kier molecular flexibility index (Phi) is 3.37. The van der Waals surface area contributed by atoms with E-state index in [1.165, 1.54) is 6.42 Å². The SMILES string of the molecule is O=C(NC1CCCNC1)[C@@H]1CCNC1. The lowest BCUT2D eigenvalue weighted by Crippen LogP contribution is -2.47. The molecule has 4 nitrogen and oxygen atoms in total. The van der Waals surface area contributed by atoms with E-state index in [2.05, 4.69) is 16.0 Å². The summed E-state index contributed by atoms with van der Waals surface area (Å²) in [6, 6.07) is 0.358. The molecular formula is C10H19N3O. The first kappa shape index (κ1) is 9.93. The fourth-order valence-corrected chi connectivity index (χ4v) is 2.17. The van der Waals surface area contributed by atoms with Crippen molar-refractivity contribution in [3.8, 4) is 0 Å². The summed E-state index contributed by atoms with van der Waals surface area (Å²) in [5, 5.41) is 9.63. The molecule has 3 N–H and O–H groups in total. The van der Waals surface area contributed by atoms with E-state index in [9.17, 15) is 4.79 Å². The second-order valence-corrected chi connectivity index (χ2v) is 4.24. The molecule has 0 aromatic rings. The summed E-state index contributed by atoms with van der Waals surface area (Å²) < 4.78 is 0. The zero-order chi connectivity index (χ0) is 9.80. The zero-order valence-corrected chi connectivity index (χ0v) is 8.51. The third-order valence-electron chi connectivity index (χ3n) is 3.07. The summed E-state index contributed by atoms with van der Waals surface area (Å²) in [4.78, 5) is 11.7. The Bertz CT molecular complexity index is 196. The van der Waals surface area contributed by atoms with Crippen LogP contribution in [0.4, 0.5) is 0 Å². The molecule has 0 aromatic heterocycles. The van der Waals surface area contributed by atoms with Crippen molar-refractivity contribution in [2.45, 2.75) is 25.3 Å². The average Bonchev–Trinajstić information content (AvgIpc) is 2.72. The van der Waals surface area contributed by atoms with E-state index >= 15 is 0 Å². The third kappa shape index (κ3) is 2.45. The lowest BCUT2D eigenvalue weighted by Gasteiger charge is -2.25. The molecule has 0 aliphatic carbocycles. The normalized spacial score (nSPS) is 32.9. The summed E-state index contributed by atoms with van der Waals surface area (Å²) in [6.07, 6.45) is 3.29. The maximum atomic E-state index is 11.7. The number of rotatable bonds is 2. The van der Waals surface area contributed by atoms with Gasteiger partial charge in [0, 0.05) is 19.1 Å². The summed E-state index contributed by atoms with van der Waals surface area (Å²) >= 11 is 0. The molecule has 2 aliphatic heterocycles. The smallest absolute Gasteiger partial charge is 0.224 e.